The van der Waals surface area contributed by atoms with E-state index >= 15 is 0 Å². The highest BCUT2D eigenvalue weighted by Gasteiger charge is 2.36. The summed E-state index contributed by atoms with van der Waals surface area (Å²) in [5, 5.41) is 4.76. The maximum absolute atomic E-state index is 6.19. The van der Waals surface area contributed by atoms with Gasteiger partial charge in [-0.25, -0.2) is 9.67 Å². The van der Waals surface area contributed by atoms with Crippen molar-refractivity contribution in [2.75, 3.05) is 6.61 Å². The number of aromatic nitrogens is 4. The van der Waals surface area contributed by atoms with Gasteiger partial charge in [0.25, 0.3) is 0 Å². The van der Waals surface area contributed by atoms with Crippen molar-refractivity contribution in [3.63, 3.8) is 0 Å². The molecule has 0 unspecified atom stereocenters. The zero-order chi connectivity index (χ0) is 16.4. The van der Waals surface area contributed by atoms with Gasteiger partial charge >= 0.3 is 0 Å². The van der Waals surface area contributed by atoms with Gasteiger partial charge in [-0.05, 0) is 41.7 Å². The summed E-state index contributed by atoms with van der Waals surface area (Å²) in [6.07, 6.45) is 6.25. The van der Waals surface area contributed by atoms with Gasteiger partial charge in [-0.15, -0.1) is 0 Å². The van der Waals surface area contributed by atoms with Crippen LogP contribution in [0.4, 0.5) is 0 Å². The summed E-state index contributed by atoms with van der Waals surface area (Å²) >= 11 is 5.80. The molecule has 0 saturated heterocycles. The molecule has 0 bridgehead atoms. The van der Waals surface area contributed by atoms with E-state index in [1.807, 2.05) is 12.4 Å². The maximum Gasteiger partial charge on any atom is 0.224 e. The molecular weight excluding hydrogens is 316 g/mol. The number of halogens is 1. The summed E-state index contributed by atoms with van der Waals surface area (Å²) in [6, 6.07) is 1.77. The van der Waals surface area contributed by atoms with Crippen molar-refractivity contribution in [1.29, 1.82) is 0 Å². The van der Waals surface area contributed by atoms with Gasteiger partial charge in [0.2, 0.25) is 5.28 Å². The fraction of sp³-hybridized carbons (Fsp3) is 0.533. The van der Waals surface area contributed by atoms with Gasteiger partial charge in [-0.2, -0.15) is 10.1 Å². The minimum atomic E-state index is -1.69. The van der Waals surface area contributed by atoms with Gasteiger partial charge in [0.15, 0.2) is 14.1 Å². The van der Waals surface area contributed by atoms with Crippen molar-refractivity contribution in [1.82, 2.24) is 19.7 Å². The molecule has 2 aromatic rings. The average Bonchev–Trinajstić information content (AvgIpc) is 2.86. The van der Waals surface area contributed by atoms with Crippen LogP contribution in [0, 0.1) is 0 Å². The molecule has 120 valence electrons. The molecule has 22 heavy (non-hydrogen) atoms. The molecule has 0 aliphatic carbocycles. The predicted molar refractivity (Wildman–Crippen MR) is 91.0 cm³/mol. The second kappa shape index (κ2) is 6.48. The van der Waals surface area contributed by atoms with Crippen LogP contribution in [0.15, 0.2) is 24.7 Å². The summed E-state index contributed by atoms with van der Waals surface area (Å²) in [7, 11) is -1.69. The maximum atomic E-state index is 6.19. The van der Waals surface area contributed by atoms with Crippen LogP contribution < -0.4 is 0 Å². The molecule has 2 heterocycles. The first-order valence-electron chi connectivity index (χ1n) is 7.35. The van der Waals surface area contributed by atoms with Gasteiger partial charge in [0, 0.05) is 25.1 Å². The van der Waals surface area contributed by atoms with Crippen LogP contribution in [0.25, 0.3) is 5.82 Å². The van der Waals surface area contributed by atoms with Crippen LogP contribution in [0.5, 0.6) is 0 Å². The van der Waals surface area contributed by atoms with Crippen molar-refractivity contribution in [3.05, 3.63) is 35.5 Å². The Morgan fingerprint density at radius 1 is 1.32 bits per heavy atom. The van der Waals surface area contributed by atoms with Crippen LogP contribution >= 0.6 is 11.6 Å². The summed E-state index contributed by atoms with van der Waals surface area (Å²) in [5.74, 6) is 0.663. The zero-order valence-electron chi connectivity index (χ0n) is 13.8. The van der Waals surface area contributed by atoms with E-state index in [4.69, 9.17) is 16.0 Å². The highest BCUT2D eigenvalue weighted by atomic mass is 35.5. The van der Waals surface area contributed by atoms with Crippen molar-refractivity contribution in [2.45, 2.75) is 45.3 Å². The van der Waals surface area contributed by atoms with Gasteiger partial charge in [-0.3, -0.25) is 0 Å². The average molecular weight is 339 g/mol. The lowest BCUT2D eigenvalue weighted by Gasteiger charge is -2.36. The zero-order valence-corrected chi connectivity index (χ0v) is 15.6. The lowest BCUT2D eigenvalue weighted by atomic mass is 10.2. The van der Waals surface area contributed by atoms with E-state index in [2.05, 4.69) is 48.9 Å². The summed E-state index contributed by atoms with van der Waals surface area (Å²) in [5.41, 5.74) is 1.12. The molecule has 5 nitrogen and oxygen atoms in total. The molecule has 2 aromatic heterocycles. The smallest absolute Gasteiger partial charge is 0.224 e. The molecule has 0 N–H and O–H groups in total. The monoisotopic (exact) mass is 338 g/mol. The number of rotatable bonds is 5. The number of hydrogen-bond donors (Lipinski definition) is 0. The lowest BCUT2D eigenvalue weighted by Crippen LogP contribution is -2.41. The third-order valence-electron chi connectivity index (χ3n) is 4.14. The minimum absolute atomic E-state index is 0.218. The SMILES string of the molecule is CC(C)(C)[Si](C)(C)OCCc1cnn(-c2ccnc(Cl)n2)c1. The highest BCUT2D eigenvalue weighted by molar-refractivity contribution is 6.74. The lowest BCUT2D eigenvalue weighted by molar-refractivity contribution is 0.292. The van der Waals surface area contributed by atoms with Crippen LogP contribution in [-0.4, -0.2) is 34.7 Å². The van der Waals surface area contributed by atoms with Gasteiger partial charge in [0.1, 0.15) is 0 Å². The molecular formula is C15H23ClN4OSi. The number of hydrogen-bond acceptors (Lipinski definition) is 4. The van der Waals surface area contributed by atoms with Crippen molar-refractivity contribution >= 4 is 19.9 Å². The summed E-state index contributed by atoms with van der Waals surface area (Å²) in [6.45, 7) is 12.0. The quantitative estimate of drug-likeness (QED) is 0.613. The largest absolute Gasteiger partial charge is 0.416 e. The Labute approximate surface area is 137 Å². The Balaban J connectivity index is 1.96. The normalized spacial score (nSPS) is 12.6. The molecule has 0 spiro atoms. The van der Waals surface area contributed by atoms with Crippen molar-refractivity contribution < 1.29 is 4.43 Å². The molecule has 0 aliphatic rings. The van der Waals surface area contributed by atoms with E-state index in [1.165, 1.54) is 0 Å². The van der Waals surface area contributed by atoms with Gasteiger partial charge < -0.3 is 4.43 Å². The van der Waals surface area contributed by atoms with Crippen molar-refractivity contribution in [3.8, 4) is 5.82 Å². The van der Waals surface area contributed by atoms with Crippen LogP contribution in [-0.2, 0) is 10.8 Å². The first kappa shape index (κ1) is 17.1. The Kier molecular flexibility index (Phi) is 5.04. The van der Waals surface area contributed by atoms with Crippen LogP contribution in [0.1, 0.15) is 26.3 Å². The fourth-order valence-electron chi connectivity index (χ4n) is 1.71. The Morgan fingerprint density at radius 2 is 2.05 bits per heavy atom. The standard InChI is InChI=1S/C15H23ClN4OSi/c1-15(2,3)22(4,5)21-9-7-12-10-18-20(11-12)13-6-8-17-14(16)19-13/h6,8,10-11H,7,9H2,1-5H3. The summed E-state index contributed by atoms with van der Waals surface area (Å²) in [4.78, 5) is 8.01. The van der Waals surface area contributed by atoms with E-state index in [0.717, 1.165) is 12.0 Å². The highest BCUT2D eigenvalue weighted by Crippen LogP contribution is 2.36. The Morgan fingerprint density at radius 3 is 2.68 bits per heavy atom. The van der Waals surface area contributed by atoms with E-state index in [-0.39, 0.29) is 10.3 Å². The minimum Gasteiger partial charge on any atom is -0.416 e. The predicted octanol–water partition coefficient (Wildman–Crippen LogP) is 3.88. The molecule has 0 atom stereocenters. The molecule has 0 aromatic carbocycles. The number of nitrogens with zero attached hydrogens (tertiary/aromatic N) is 4. The van der Waals surface area contributed by atoms with E-state index in [0.29, 0.717) is 12.4 Å². The van der Waals surface area contributed by atoms with Gasteiger partial charge in [0.05, 0.1) is 6.20 Å². The molecule has 0 saturated carbocycles. The van der Waals surface area contributed by atoms with Crippen LogP contribution in [0.2, 0.25) is 23.4 Å². The molecule has 7 heteroatoms. The fourth-order valence-corrected chi connectivity index (χ4v) is 2.90. The first-order valence-corrected chi connectivity index (χ1v) is 10.6. The van der Waals surface area contributed by atoms with Crippen LogP contribution in [0.3, 0.4) is 0 Å². The second-order valence-electron chi connectivity index (χ2n) is 6.84. The van der Waals surface area contributed by atoms with E-state index in [1.54, 1.807) is 16.9 Å². The third-order valence-corrected chi connectivity index (χ3v) is 8.86. The molecule has 0 radical (unpaired) electrons. The van der Waals surface area contributed by atoms with E-state index < -0.39 is 8.32 Å². The third kappa shape index (κ3) is 4.15. The van der Waals surface area contributed by atoms with Crippen molar-refractivity contribution in [2.24, 2.45) is 0 Å². The molecule has 0 amide bonds. The molecule has 2 rings (SSSR count). The summed E-state index contributed by atoms with van der Waals surface area (Å²) < 4.78 is 7.89. The Hall–Kier alpha value is -1.24. The Bertz CT molecular complexity index is 636. The second-order valence-corrected chi connectivity index (χ2v) is 12.0. The van der Waals surface area contributed by atoms with Gasteiger partial charge in [-0.1, -0.05) is 20.8 Å². The topological polar surface area (TPSA) is 52.8 Å². The van der Waals surface area contributed by atoms with E-state index in [9.17, 15) is 0 Å². The molecule has 0 aliphatic heterocycles. The molecule has 0 fully saturated rings. The first-order chi connectivity index (χ1) is 10.2.